The van der Waals surface area contributed by atoms with E-state index >= 15 is 0 Å². The molecule has 0 amide bonds. The second-order valence-corrected chi connectivity index (χ2v) is 8.51. The van der Waals surface area contributed by atoms with Crippen LogP contribution < -0.4 is 11.3 Å². The molecule has 4 rings (SSSR count). The highest BCUT2D eigenvalue weighted by Crippen LogP contribution is 2.30. The van der Waals surface area contributed by atoms with Gasteiger partial charge in [-0.05, 0) is 48.8 Å². The summed E-state index contributed by atoms with van der Waals surface area (Å²) >= 11 is 0. The molecule has 2 aromatic heterocycles. The summed E-state index contributed by atoms with van der Waals surface area (Å²) in [5, 5.41) is 0.589. The van der Waals surface area contributed by atoms with Crippen molar-refractivity contribution in [3.05, 3.63) is 58.5 Å². The van der Waals surface area contributed by atoms with Gasteiger partial charge in [-0.1, -0.05) is 0 Å². The molecule has 11 heteroatoms. The monoisotopic (exact) mass is 480 g/mol. The van der Waals surface area contributed by atoms with E-state index < -0.39 is 17.6 Å². The molecule has 1 aliphatic rings. The van der Waals surface area contributed by atoms with Gasteiger partial charge < -0.3 is 19.8 Å². The first-order valence-corrected chi connectivity index (χ1v) is 10.7. The normalized spacial score (nSPS) is 21.2. The molecule has 0 bridgehead atoms. The van der Waals surface area contributed by atoms with Gasteiger partial charge in [-0.25, -0.2) is 14.4 Å². The second kappa shape index (κ2) is 9.77. The predicted octanol–water partition coefficient (Wildman–Crippen LogP) is 3.73. The molecule has 0 spiro atoms. The Bertz CT molecular complexity index is 1210. The average Bonchev–Trinajstić information content (AvgIpc) is 2.79. The summed E-state index contributed by atoms with van der Waals surface area (Å²) in [5.41, 5.74) is 4.67. The average molecular weight is 480 g/mol. The van der Waals surface area contributed by atoms with E-state index in [4.69, 9.17) is 15.2 Å². The summed E-state index contributed by atoms with van der Waals surface area (Å²) < 4.78 is 65.2. The molecule has 2 N–H and O–H groups in total. The Kier molecular flexibility index (Phi) is 6.96. The molecule has 182 valence electrons. The summed E-state index contributed by atoms with van der Waals surface area (Å²) in [6.07, 6.45) is 0.330. The van der Waals surface area contributed by atoms with Gasteiger partial charge >= 0.3 is 6.18 Å². The zero-order chi connectivity index (χ0) is 24.5. The van der Waals surface area contributed by atoms with E-state index in [1.807, 2.05) is 0 Å². The van der Waals surface area contributed by atoms with E-state index in [1.54, 1.807) is 19.4 Å². The van der Waals surface area contributed by atoms with Gasteiger partial charge in [0, 0.05) is 38.3 Å². The summed E-state index contributed by atoms with van der Waals surface area (Å²) in [5.74, 6) is -0.893. The molecule has 2 heterocycles. The quantitative estimate of drug-likeness (QED) is 0.427. The molecule has 0 radical (unpaired) electrons. The maximum Gasteiger partial charge on any atom is 0.419 e. The fourth-order valence-electron chi connectivity index (χ4n) is 4.39. The molecule has 7 nitrogen and oxygen atoms in total. The number of fused-ring (bicyclic) bond motifs is 1. The minimum atomic E-state index is -4.59. The van der Waals surface area contributed by atoms with E-state index in [2.05, 4.69) is 9.97 Å². The third-order valence-electron chi connectivity index (χ3n) is 5.96. The Morgan fingerprint density at radius 3 is 2.59 bits per heavy atom. The second-order valence-electron chi connectivity index (χ2n) is 8.51. The largest absolute Gasteiger partial charge is 0.419 e. The Morgan fingerprint density at radius 2 is 1.91 bits per heavy atom. The fourth-order valence-corrected chi connectivity index (χ4v) is 4.39. The molecular weight excluding hydrogens is 456 g/mol. The molecule has 1 fully saturated rings. The molecular formula is C23H24F4N4O3. The van der Waals surface area contributed by atoms with Crippen LogP contribution in [0.4, 0.5) is 17.6 Å². The Hall–Kier alpha value is -2.89. The van der Waals surface area contributed by atoms with Gasteiger partial charge in [-0.3, -0.25) is 4.79 Å². The van der Waals surface area contributed by atoms with Crippen LogP contribution in [0.1, 0.15) is 24.8 Å². The van der Waals surface area contributed by atoms with Gasteiger partial charge in [0.1, 0.15) is 12.6 Å². The Morgan fingerprint density at radius 1 is 1.18 bits per heavy atom. The first-order valence-electron chi connectivity index (χ1n) is 10.7. The van der Waals surface area contributed by atoms with Crippen molar-refractivity contribution in [1.29, 1.82) is 0 Å². The number of halogens is 4. The van der Waals surface area contributed by atoms with Crippen molar-refractivity contribution < 1.29 is 27.0 Å². The SMILES string of the molecule is COCO[C@@H]1C[C@H](N)C[C@H](Cn2ccc3cc(-c4ncc(C(F)(F)F)cn4)c(F)cc3c2=O)C1. The highest BCUT2D eigenvalue weighted by atomic mass is 19.4. The smallest absolute Gasteiger partial charge is 0.359 e. The number of hydrogen-bond donors (Lipinski definition) is 1. The van der Waals surface area contributed by atoms with Crippen molar-refractivity contribution in [1.82, 2.24) is 14.5 Å². The van der Waals surface area contributed by atoms with E-state index in [-0.39, 0.29) is 47.2 Å². The lowest BCUT2D eigenvalue weighted by molar-refractivity contribution is -0.138. The number of rotatable bonds is 6. The molecule has 0 saturated heterocycles. The number of aromatic nitrogens is 3. The number of benzene rings is 1. The van der Waals surface area contributed by atoms with Crippen molar-refractivity contribution in [2.75, 3.05) is 13.9 Å². The van der Waals surface area contributed by atoms with Crippen LogP contribution in [0.25, 0.3) is 22.2 Å². The van der Waals surface area contributed by atoms with Crippen LogP contribution in [0.3, 0.4) is 0 Å². The van der Waals surface area contributed by atoms with E-state index in [0.717, 1.165) is 18.9 Å². The number of methoxy groups -OCH3 is 1. The number of pyridine rings is 1. The number of ether oxygens (including phenoxy) is 2. The number of nitrogens with zero attached hydrogens (tertiary/aromatic N) is 3. The predicted molar refractivity (Wildman–Crippen MR) is 116 cm³/mol. The number of alkyl halides is 3. The van der Waals surface area contributed by atoms with Crippen LogP contribution >= 0.6 is 0 Å². The van der Waals surface area contributed by atoms with Gasteiger partial charge in [-0.2, -0.15) is 13.2 Å². The lowest BCUT2D eigenvalue weighted by Crippen LogP contribution is -2.39. The highest BCUT2D eigenvalue weighted by Gasteiger charge is 2.31. The molecule has 3 atom stereocenters. The standard InChI is InChI=1S/C23H24F4N4O3/c1-33-12-34-17-5-13(4-16(28)7-17)11-31-3-2-14-6-19(20(24)8-18(14)22(31)32)21-29-9-15(10-30-21)23(25,26)27/h2-3,6,8-10,13,16-17H,4-5,7,11-12,28H2,1H3/t13-,16+,17-/m0/s1. The summed E-state index contributed by atoms with van der Waals surface area (Å²) in [7, 11) is 1.54. The van der Waals surface area contributed by atoms with Gasteiger partial charge in [0.15, 0.2) is 5.82 Å². The molecule has 0 unspecified atom stereocenters. The van der Waals surface area contributed by atoms with Crippen LogP contribution in [0.15, 0.2) is 41.6 Å². The van der Waals surface area contributed by atoms with E-state index in [1.165, 1.54) is 10.6 Å². The molecule has 34 heavy (non-hydrogen) atoms. The van der Waals surface area contributed by atoms with Crippen molar-refractivity contribution in [3.63, 3.8) is 0 Å². The van der Waals surface area contributed by atoms with Crippen LogP contribution in [0, 0.1) is 11.7 Å². The zero-order valence-electron chi connectivity index (χ0n) is 18.4. The third kappa shape index (κ3) is 5.26. The number of hydrogen-bond acceptors (Lipinski definition) is 6. The van der Waals surface area contributed by atoms with E-state index in [9.17, 15) is 22.4 Å². The minimum absolute atomic E-state index is 0.0551. The van der Waals surface area contributed by atoms with Crippen LogP contribution in [-0.4, -0.2) is 40.6 Å². The number of nitrogens with two attached hydrogens (primary N) is 1. The fraction of sp³-hybridized carbons (Fsp3) is 0.435. The van der Waals surface area contributed by atoms with E-state index in [0.29, 0.717) is 30.7 Å². The van der Waals surface area contributed by atoms with Crippen LogP contribution in [0.2, 0.25) is 0 Å². The molecule has 0 aliphatic heterocycles. The zero-order valence-corrected chi connectivity index (χ0v) is 18.4. The van der Waals surface area contributed by atoms with Gasteiger partial charge in [0.25, 0.3) is 5.56 Å². The van der Waals surface area contributed by atoms with Crippen LogP contribution in [-0.2, 0) is 22.2 Å². The third-order valence-corrected chi connectivity index (χ3v) is 5.96. The van der Waals surface area contributed by atoms with Crippen molar-refractivity contribution in [2.24, 2.45) is 11.7 Å². The summed E-state index contributed by atoms with van der Waals surface area (Å²) in [6, 6.07) is 4.04. The first-order chi connectivity index (χ1) is 16.2. The highest BCUT2D eigenvalue weighted by molar-refractivity contribution is 5.85. The first kappa shape index (κ1) is 24.2. The summed E-state index contributed by atoms with van der Waals surface area (Å²) in [4.78, 5) is 20.3. The molecule has 3 aromatic rings. The minimum Gasteiger partial charge on any atom is -0.359 e. The van der Waals surface area contributed by atoms with Crippen molar-refractivity contribution >= 4 is 10.8 Å². The Balaban J connectivity index is 1.59. The van der Waals surface area contributed by atoms with Gasteiger partial charge in [0.2, 0.25) is 0 Å². The van der Waals surface area contributed by atoms with Crippen molar-refractivity contribution in [3.8, 4) is 11.4 Å². The maximum absolute atomic E-state index is 14.8. The topological polar surface area (TPSA) is 92.3 Å². The van der Waals surface area contributed by atoms with Crippen molar-refractivity contribution in [2.45, 2.75) is 44.1 Å². The molecule has 1 aliphatic carbocycles. The van der Waals surface area contributed by atoms with Crippen LogP contribution in [0.5, 0.6) is 0 Å². The molecule has 1 aromatic carbocycles. The summed E-state index contributed by atoms with van der Waals surface area (Å²) in [6.45, 7) is 0.574. The maximum atomic E-state index is 14.8. The van der Waals surface area contributed by atoms with Gasteiger partial charge in [-0.15, -0.1) is 0 Å². The lowest BCUT2D eigenvalue weighted by atomic mass is 9.84. The lowest BCUT2D eigenvalue weighted by Gasteiger charge is -2.33. The van der Waals surface area contributed by atoms with Gasteiger partial charge in [0.05, 0.1) is 22.6 Å². The molecule has 1 saturated carbocycles. The Labute approximate surface area is 192 Å².